The minimum atomic E-state index is -0.212. The van der Waals surface area contributed by atoms with Gasteiger partial charge >= 0.3 is 0 Å². The van der Waals surface area contributed by atoms with Crippen molar-refractivity contribution in [3.05, 3.63) is 53.9 Å². The quantitative estimate of drug-likeness (QED) is 0.868. The topological polar surface area (TPSA) is 43.8 Å². The maximum Gasteiger partial charge on any atom is 0.123 e. The third-order valence-electron chi connectivity index (χ3n) is 3.12. The summed E-state index contributed by atoms with van der Waals surface area (Å²) >= 11 is 0. The van der Waals surface area contributed by atoms with E-state index in [1.54, 1.807) is 12.1 Å². The first-order chi connectivity index (χ1) is 9.19. The maximum absolute atomic E-state index is 12.8. The lowest BCUT2D eigenvalue weighted by molar-refractivity contribution is 0.581. The van der Waals surface area contributed by atoms with Gasteiger partial charge in [-0.15, -0.1) is 0 Å². The van der Waals surface area contributed by atoms with Crippen LogP contribution < -0.4 is 5.73 Å². The molecule has 2 aromatic rings. The molecule has 4 heteroatoms. The third kappa shape index (κ3) is 3.89. The Labute approximate surface area is 113 Å². The first-order valence-electron chi connectivity index (χ1n) is 6.69. The van der Waals surface area contributed by atoms with Crippen LogP contribution in [0.5, 0.6) is 0 Å². The zero-order chi connectivity index (χ0) is 13.7. The van der Waals surface area contributed by atoms with Gasteiger partial charge in [0.15, 0.2) is 0 Å². The molecule has 0 spiro atoms. The van der Waals surface area contributed by atoms with Gasteiger partial charge in [-0.2, -0.15) is 0 Å². The van der Waals surface area contributed by atoms with E-state index in [0.717, 1.165) is 37.2 Å². The Hall–Kier alpha value is -1.68. The van der Waals surface area contributed by atoms with Gasteiger partial charge < -0.3 is 10.3 Å². The average molecular weight is 261 g/mol. The van der Waals surface area contributed by atoms with Crippen LogP contribution in [0.2, 0.25) is 0 Å². The van der Waals surface area contributed by atoms with Crippen LogP contribution in [0.15, 0.2) is 36.7 Å². The summed E-state index contributed by atoms with van der Waals surface area (Å²) in [5.74, 6) is 0.812. The third-order valence-corrected chi connectivity index (χ3v) is 3.12. The number of imidazole rings is 1. The Morgan fingerprint density at radius 1 is 1.26 bits per heavy atom. The first-order valence-corrected chi connectivity index (χ1v) is 6.69. The number of nitrogens with zero attached hydrogens (tertiary/aromatic N) is 2. The molecule has 2 N–H and O–H groups in total. The van der Waals surface area contributed by atoms with Crippen molar-refractivity contribution in [3.63, 3.8) is 0 Å². The van der Waals surface area contributed by atoms with Gasteiger partial charge in [-0.1, -0.05) is 19.1 Å². The first kappa shape index (κ1) is 13.7. The van der Waals surface area contributed by atoms with Gasteiger partial charge in [0.2, 0.25) is 0 Å². The Kier molecular flexibility index (Phi) is 4.68. The van der Waals surface area contributed by atoms with Gasteiger partial charge in [-0.25, -0.2) is 9.37 Å². The summed E-state index contributed by atoms with van der Waals surface area (Å²) in [5, 5.41) is 0. The van der Waals surface area contributed by atoms with E-state index < -0.39 is 0 Å². The molecule has 0 saturated heterocycles. The normalized spacial score (nSPS) is 12.6. The van der Waals surface area contributed by atoms with Crippen molar-refractivity contribution >= 4 is 0 Å². The van der Waals surface area contributed by atoms with Crippen molar-refractivity contribution in [2.24, 2.45) is 5.73 Å². The molecule has 1 heterocycles. The largest absolute Gasteiger partial charge is 0.335 e. The van der Waals surface area contributed by atoms with Crippen LogP contribution in [0.4, 0.5) is 4.39 Å². The molecule has 0 amide bonds. The van der Waals surface area contributed by atoms with Crippen LogP contribution >= 0.6 is 0 Å². The second-order valence-corrected chi connectivity index (χ2v) is 4.83. The van der Waals surface area contributed by atoms with E-state index in [1.807, 2.05) is 12.4 Å². The molecule has 102 valence electrons. The summed E-state index contributed by atoms with van der Waals surface area (Å²) in [6.07, 6.45) is 6.36. The molecule has 0 radical (unpaired) electrons. The molecule has 3 nitrogen and oxygen atoms in total. The van der Waals surface area contributed by atoms with E-state index in [1.165, 1.54) is 12.1 Å². The van der Waals surface area contributed by atoms with Crippen LogP contribution in [-0.4, -0.2) is 15.6 Å². The smallest absolute Gasteiger partial charge is 0.123 e. The molecule has 0 saturated carbocycles. The minimum Gasteiger partial charge on any atom is -0.335 e. The molecule has 0 bridgehead atoms. The predicted molar refractivity (Wildman–Crippen MR) is 74.3 cm³/mol. The molecule has 0 aliphatic rings. The second kappa shape index (κ2) is 6.48. The molecule has 2 rings (SSSR count). The molecule has 19 heavy (non-hydrogen) atoms. The summed E-state index contributed by atoms with van der Waals surface area (Å²) in [7, 11) is 0. The average Bonchev–Trinajstić information content (AvgIpc) is 2.80. The number of benzene rings is 1. The fourth-order valence-corrected chi connectivity index (χ4v) is 2.20. The summed E-state index contributed by atoms with van der Waals surface area (Å²) in [6.45, 7) is 3.11. The number of aromatic nitrogens is 2. The molecule has 0 fully saturated rings. The van der Waals surface area contributed by atoms with Gasteiger partial charge in [-0.3, -0.25) is 0 Å². The number of rotatable bonds is 6. The zero-order valence-corrected chi connectivity index (χ0v) is 11.2. The van der Waals surface area contributed by atoms with Crippen molar-refractivity contribution in [2.45, 2.75) is 38.8 Å². The highest BCUT2D eigenvalue weighted by molar-refractivity contribution is 5.17. The van der Waals surface area contributed by atoms with E-state index in [9.17, 15) is 4.39 Å². The Morgan fingerprint density at radius 3 is 2.68 bits per heavy atom. The highest BCUT2D eigenvalue weighted by atomic mass is 19.1. The lowest BCUT2D eigenvalue weighted by Crippen LogP contribution is -2.27. The van der Waals surface area contributed by atoms with Crippen molar-refractivity contribution in [3.8, 4) is 0 Å². The zero-order valence-electron chi connectivity index (χ0n) is 11.2. The van der Waals surface area contributed by atoms with Crippen molar-refractivity contribution in [1.29, 1.82) is 0 Å². The van der Waals surface area contributed by atoms with Crippen LogP contribution in [0.25, 0.3) is 0 Å². The number of hydrogen-bond acceptors (Lipinski definition) is 2. The lowest BCUT2D eigenvalue weighted by atomic mass is 10.0. The molecule has 0 aliphatic heterocycles. The van der Waals surface area contributed by atoms with E-state index in [-0.39, 0.29) is 11.9 Å². The Balaban J connectivity index is 1.95. The van der Waals surface area contributed by atoms with Gasteiger partial charge in [0.1, 0.15) is 11.6 Å². The van der Waals surface area contributed by atoms with Crippen LogP contribution in [0.1, 0.15) is 24.7 Å². The Morgan fingerprint density at radius 2 is 2.00 bits per heavy atom. The molecular weight excluding hydrogens is 241 g/mol. The summed E-state index contributed by atoms with van der Waals surface area (Å²) in [5.41, 5.74) is 7.21. The minimum absolute atomic E-state index is 0.00321. The van der Waals surface area contributed by atoms with Gasteiger partial charge in [0.25, 0.3) is 0 Å². The maximum atomic E-state index is 12.8. The van der Waals surface area contributed by atoms with E-state index in [0.29, 0.717) is 0 Å². The van der Waals surface area contributed by atoms with Crippen LogP contribution in [0, 0.1) is 5.82 Å². The van der Waals surface area contributed by atoms with Crippen molar-refractivity contribution < 1.29 is 4.39 Å². The fraction of sp³-hybridized carbons (Fsp3) is 0.400. The van der Waals surface area contributed by atoms with Crippen LogP contribution in [0.3, 0.4) is 0 Å². The molecule has 1 unspecified atom stereocenters. The van der Waals surface area contributed by atoms with Crippen molar-refractivity contribution in [2.75, 3.05) is 0 Å². The predicted octanol–water partition coefficient (Wildman–Crippen LogP) is 2.54. The lowest BCUT2D eigenvalue weighted by Gasteiger charge is -2.13. The summed E-state index contributed by atoms with van der Waals surface area (Å²) in [4.78, 5) is 4.35. The number of hydrogen-bond donors (Lipinski definition) is 1. The highest BCUT2D eigenvalue weighted by Crippen LogP contribution is 2.08. The number of halogens is 1. The molecular formula is C15H20FN3. The molecule has 1 aromatic carbocycles. The van der Waals surface area contributed by atoms with Crippen molar-refractivity contribution in [1.82, 2.24) is 9.55 Å². The molecule has 0 aliphatic carbocycles. The SMILES string of the molecule is CCCn1ccnc1CC(N)Cc1ccc(F)cc1. The summed E-state index contributed by atoms with van der Waals surface area (Å²) < 4.78 is 15.0. The molecule has 1 atom stereocenters. The monoisotopic (exact) mass is 261 g/mol. The van der Waals surface area contributed by atoms with Gasteiger partial charge in [0, 0.05) is 31.4 Å². The van der Waals surface area contributed by atoms with E-state index >= 15 is 0 Å². The van der Waals surface area contributed by atoms with Gasteiger partial charge in [0.05, 0.1) is 0 Å². The summed E-state index contributed by atoms with van der Waals surface area (Å²) in [6, 6.07) is 6.52. The Bertz CT molecular complexity index is 504. The number of nitrogens with two attached hydrogens (primary N) is 1. The number of aryl methyl sites for hydroxylation is 1. The fourth-order valence-electron chi connectivity index (χ4n) is 2.20. The second-order valence-electron chi connectivity index (χ2n) is 4.83. The molecule has 1 aromatic heterocycles. The highest BCUT2D eigenvalue weighted by Gasteiger charge is 2.09. The van der Waals surface area contributed by atoms with E-state index in [4.69, 9.17) is 5.73 Å². The van der Waals surface area contributed by atoms with E-state index in [2.05, 4.69) is 16.5 Å². The van der Waals surface area contributed by atoms with Crippen LogP contribution in [-0.2, 0) is 19.4 Å². The standard InChI is InChI=1S/C15H20FN3/c1-2-8-19-9-7-18-15(19)11-14(17)10-12-3-5-13(16)6-4-12/h3-7,9,14H,2,8,10-11,17H2,1H3. The van der Waals surface area contributed by atoms with Gasteiger partial charge in [-0.05, 0) is 30.5 Å².